The van der Waals surface area contributed by atoms with Crippen LogP contribution in [0.15, 0.2) is 18.2 Å². The summed E-state index contributed by atoms with van der Waals surface area (Å²) in [5.41, 5.74) is 6.78. The smallest absolute Gasteiger partial charge is 0.0445 e. The summed E-state index contributed by atoms with van der Waals surface area (Å²) in [4.78, 5) is 0. The van der Waals surface area contributed by atoms with Crippen molar-refractivity contribution in [3.63, 3.8) is 0 Å². The summed E-state index contributed by atoms with van der Waals surface area (Å²) in [6, 6.07) is 5.64. The van der Waals surface area contributed by atoms with Crippen LogP contribution < -0.4 is 11.1 Å². The van der Waals surface area contributed by atoms with Crippen molar-refractivity contribution >= 4 is 23.2 Å². The van der Waals surface area contributed by atoms with Crippen LogP contribution in [-0.4, -0.2) is 13.1 Å². The van der Waals surface area contributed by atoms with Crippen molar-refractivity contribution in [3.05, 3.63) is 33.8 Å². The van der Waals surface area contributed by atoms with Crippen LogP contribution >= 0.6 is 23.2 Å². The highest BCUT2D eigenvalue weighted by Gasteiger charge is 2.11. The zero-order valence-corrected chi connectivity index (χ0v) is 11.1. The molecule has 0 aromatic heterocycles. The summed E-state index contributed by atoms with van der Waals surface area (Å²) in [5, 5.41) is 4.69. The molecule has 1 atom stereocenters. The van der Waals surface area contributed by atoms with Gasteiger partial charge < -0.3 is 11.1 Å². The molecule has 16 heavy (non-hydrogen) atoms. The SMILES string of the molecule is CC(C)CNC(CN)c1cc(Cl)cc(Cl)c1. The van der Waals surface area contributed by atoms with E-state index in [0.717, 1.165) is 12.1 Å². The molecule has 0 aliphatic heterocycles. The Balaban J connectivity index is 2.78. The van der Waals surface area contributed by atoms with E-state index >= 15 is 0 Å². The molecule has 4 heteroatoms. The molecule has 0 aliphatic rings. The zero-order chi connectivity index (χ0) is 12.1. The monoisotopic (exact) mass is 260 g/mol. The molecule has 1 aromatic carbocycles. The van der Waals surface area contributed by atoms with Crippen LogP contribution in [0.25, 0.3) is 0 Å². The largest absolute Gasteiger partial charge is 0.329 e. The Bertz CT molecular complexity index is 320. The minimum Gasteiger partial charge on any atom is -0.329 e. The number of hydrogen-bond acceptors (Lipinski definition) is 2. The fraction of sp³-hybridized carbons (Fsp3) is 0.500. The zero-order valence-electron chi connectivity index (χ0n) is 9.63. The molecule has 1 aromatic rings. The van der Waals surface area contributed by atoms with Gasteiger partial charge in [0.1, 0.15) is 0 Å². The average molecular weight is 261 g/mol. The Kier molecular flexibility index (Phi) is 5.56. The maximum absolute atomic E-state index is 5.96. The van der Waals surface area contributed by atoms with Gasteiger partial charge in [0.05, 0.1) is 0 Å². The van der Waals surface area contributed by atoms with Crippen LogP contribution in [0.3, 0.4) is 0 Å². The van der Waals surface area contributed by atoms with E-state index in [4.69, 9.17) is 28.9 Å². The Morgan fingerprint density at radius 1 is 1.19 bits per heavy atom. The van der Waals surface area contributed by atoms with Gasteiger partial charge in [-0.3, -0.25) is 0 Å². The molecule has 0 aliphatic carbocycles. The lowest BCUT2D eigenvalue weighted by Crippen LogP contribution is -2.30. The molecule has 3 N–H and O–H groups in total. The fourth-order valence-corrected chi connectivity index (χ4v) is 2.03. The van der Waals surface area contributed by atoms with Gasteiger partial charge in [-0.25, -0.2) is 0 Å². The van der Waals surface area contributed by atoms with E-state index in [-0.39, 0.29) is 6.04 Å². The summed E-state index contributed by atoms with van der Waals surface area (Å²) in [6.45, 7) is 5.77. The Labute approximate surface area is 107 Å². The van der Waals surface area contributed by atoms with Crippen molar-refractivity contribution in [1.29, 1.82) is 0 Å². The Hall–Kier alpha value is -0.280. The topological polar surface area (TPSA) is 38.0 Å². The minimum atomic E-state index is 0.110. The predicted molar refractivity (Wildman–Crippen MR) is 71.1 cm³/mol. The maximum atomic E-state index is 5.96. The molecule has 0 spiro atoms. The normalized spacial score (nSPS) is 13.1. The highest BCUT2D eigenvalue weighted by molar-refractivity contribution is 6.34. The molecule has 2 nitrogen and oxygen atoms in total. The van der Waals surface area contributed by atoms with Crippen LogP contribution in [0.2, 0.25) is 10.0 Å². The summed E-state index contributed by atoms with van der Waals surface area (Å²) in [7, 11) is 0. The van der Waals surface area contributed by atoms with Crippen LogP contribution in [0, 0.1) is 5.92 Å². The molecular weight excluding hydrogens is 243 g/mol. The minimum absolute atomic E-state index is 0.110. The van der Waals surface area contributed by atoms with E-state index in [1.807, 2.05) is 12.1 Å². The molecule has 0 fully saturated rings. The van der Waals surface area contributed by atoms with Gasteiger partial charge in [0.15, 0.2) is 0 Å². The van der Waals surface area contributed by atoms with Crippen LogP contribution in [0.4, 0.5) is 0 Å². The molecule has 0 radical (unpaired) electrons. The number of benzene rings is 1. The molecule has 0 amide bonds. The first kappa shape index (κ1) is 13.8. The summed E-state index contributed by atoms with van der Waals surface area (Å²) < 4.78 is 0. The van der Waals surface area contributed by atoms with E-state index in [2.05, 4.69) is 19.2 Å². The number of halogens is 2. The van der Waals surface area contributed by atoms with Gasteiger partial charge in [-0.1, -0.05) is 37.0 Å². The number of nitrogens with two attached hydrogens (primary N) is 1. The highest BCUT2D eigenvalue weighted by Crippen LogP contribution is 2.23. The third-order valence-electron chi connectivity index (χ3n) is 2.30. The van der Waals surface area contributed by atoms with E-state index in [1.54, 1.807) is 6.07 Å². The lowest BCUT2D eigenvalue weighted by Gasteiger charge is -2.19. The van der Waals surface area contributed by atoms with Gasteiger partial charge >= 0.3 is 0 Å². The molecule has 0 bridgehead atoms. The van der Waals surface area contributed by atoms with Gasteiger partial charge in [0, 0.05) is 22.6 Å². The van der Waals surface area contributed by atoms with Gasteiger partial charge in [0.25, 0.3) is 0 Å². The van der Waals surface area contributed by atoms with Crippen molar-refractivity contribution in [3.8, 4) is 0 Å². The van der Waals surface area contributed by atoms with Crippen molar-refractivity contribution in [2.24, 2.45) is 11.7 Å². The van der Waals surface area contributed by atoms with Gasteiger partial charge in [0.2, 0.25) is 0 Å². The Morgan fingerprint density at radius 3 is 2.19 bits per heavy atom. The molecule has 1 rings (SSSR count). The number of nitrogens with one attached hydrogen (secondary N) is 1. The standard InChI is InChI=1S/C12H18Cl2N2/c1-8(2)7-16-12(6-15)9-3-10(13)5-11(14)4-9/h3-5,8,12,16H,6-7,15H2,1-2H3. The molecule has 90 valence electrons. The third-order valence-corrected chi connectivity index (χ3v) is 2.73. The average Bonchev–Trinajstić information content (AvgIpc) is 2.16. The summed E-state index contributed by atoms with van der Waals surface area (Å²) in [5.74, 6) is 0.587. The number of rotatable bonds is 5. The third kappa shape index (κ3) is 4.30. The van der Waals surface area contributed by atoms with Crippen molar-refractivity contribution in [2.45, 2.75) is 19.9 Å². The van der Waals surface area contributed by atoms with Gasteiger partial charge in [-0.05, 0) is 36.2 Å². The quantitative estimate of drug-likeness (QED) is 0.853. The number of hydrogen-bond donors (Lipinski definition) is 2. The maximum Gasteiger partial charge on any atom is 0.0445 e. The van der Waals surface area contributed by atoms with E-state index in [9.17, 15) is 0 Å². The van der Waals surface area contributed by atoms with E-state index in [1.165, 1.54) is 0 Å². The molecule has 0 heterocycles. The highest BCUT2D eigenvalue weighted by atomic mass is 35.5. The second-order valence-electron chi connectivity index (χ2n) is 4.29. The van der Waals surface area contributed by atoms with Crippen LogP contribution in [-0.2, 0) is 0 Å². The second kappa shape index (κ2) is 6.45. The molecular formula is C12H18Cl2N2. The van der Waals surface area contributed by atoms with E-state index in [0.29, 0.717) is 22.5 Å². The first-order chi connectivity index (χ1) is 7.52. The van der Waals surface area contributed by atoms with Gasteiger partial charge in [-0.2, -0.15) is 0 Å². The molecule has 1 unspecified atom stereocenters. The first-order valence-corrected chi connectivity index (χ1v) is 6.18. The second-order valence-corrected chi connectivity index (χ2v) is 5.17. The lowest BCUT2D eigenvalue weighted by molar-refractivity contribution is 0.479. The molecule has 0 saturated carbocycles. The summed E-state index contributed by atoms with van der Waals surface area (Å²) >= 11 is 11.9. The van der Waals surface area contributed by atoms with Crippen LogP contribution in [0.1, 0.15) is 25.5 Å². The fourth-order valence-electron chi connectivity index (χ4n) is 1.49. The first-order valence-electron chi connectivity index (χ1n) is 5.42. The Morgan fingerprint density at radius 2 is 1.75 bits per heavy atom. The van der Waals surface area contributed by atoms with Crippen LogP contribution in [0.5, 0.6) is 0 Å². The summed E-state index contributed by atoms with van der Waals surface area (Å²) in [6.07, 6.45) is 0. The lowest BCUT2D eigenvalue weighted by atomic mass is 10.1. The van der Waals surface area contributed by atoms with Crippen molar-refractivity contribution < 1.29 is 0 Å². The van der Waals surface area contributed by atoms with E-state index < -0.39 is 0 Å². The predicted octanol–water partition coefficient (Wildman–Crippen LogP) is 3.24. The van der Waals surface area contributed by atoms with Gasteiger partial charge in [-0.15, -0.1) is 0 Å². The van der Waals surface area contributed by atoms with Crippen molar-refractivity contribution in [2.75, 3.05) is 13.1 Å². The molecule has 0 saturated heterocycles. The van der Waals surface area contributed by atoms with Crippen molar-refractivity contribution in [1.82, 2.24) is 5.32 Å².